The van der Waals surface area contributed by atoms with Gasteiger partial charge in [-0.05, 0) is 103 Å². The number of hydrogen-bond acceptors (Lipinski definition) is 12. The van der Waals surface area contributed by atoms with Crippen LogP contribution in [0.15, 0.2) is 102 Å². The third-order valence-electron chi connectivity index (χ3n) is 13.0. The van der Waals surface area contributed by atoms with Gasteiger partial charge in [0.1, 0.15) is 35.1 Å². The van der Waals surface area contributed by atoms with Gasteiger partial charge in [-0.25, -0.2) is 4.79 Å². The molecule has 16 heteroatoms. The fraction of sp³-hybridized carbons (Fsp3) is 0.327. The normalized spacial score (nSPS) is 12.4. The quantitative estimate of drug-likeness (QED) is 0.0408. The molecule has 0 atom stereocenters. The number of hydrogen-bond donors (Lipinski definition) is 0. The van der Waals surface area contributed by atoms with Crippen LogP contribution in [0.2, 0.25) is 5.02 Å². The largest absolute Gasteiger partial charge is 0.497 e. The minimum absolute atomic E-state index is 0.236. The number of thioether (sulfide) groups is 1. The van der Waals surface area contributed by atoms with Gasteiger partial charge in [0.25, 0.3) is 0 Å². The van der Waals surface area contributed by atoms with Gasteiger partial charge < -0.3 is 28.3 Å². The lowest BCUT2D eigenvalue weighted by Gasteiger charge is -2.22. The lowest BCUT2D eigenvalue weighted by atomic mass is 9.95. The number of halogens is 1. The number of fused-ring (bicyclic) bond motifs is 3. The summed E-state index contributed by atoms with van der Waals surface area (Å²) in [5.41, 5.74) is 10.9. The first-order valence-electron chi connectivity index (χ1n) is 23.8. The first-order valence-corrected chi connectivity index (χ1v) is 25.1. The van der Waals surface area contributed by atoms with Crippen molar-refractivity contribution in [2.24, 2.45) is 14.1 Å². The van der Waals surface area contributed by atoms with Crippen molar-refractivity contribution in [3.8, 4) is 28.4 Å². The predicted molar refractivity (Wildman–Crippen MR) is 276 cm³/mol. The number of nitrogens with zero attached hydrogens (tertiary/aromatic N) is 7. The minimum Gasteiger partial charge on any atom is -0.497 e. The number of aryl methyl sites for hydroxylation is 4. The van der Waals surface area contributed by atoms with Crippen LogP contribution in [0.4, 0.5) is 0 Å². The molecule has 1 aliphatic heterocycles. The Labute approximate surface area is 422 Å². The molecule has 9 rings (SSSR count). The van der Waals surface area contributed by atoms with E-state index in [0.29, 0.717) is 55.6 Å². The van der Waals surface area contributed by atoms with Gasteiger partial charge in [0, 0.05) is 97.3 Å². The maximum absolute atomic E-state index is 13.6. The average molecular weight is 997 g/mol. The highest BCUT2D eigenvalue weighted by molar-refractivity contribution is 7.98. The van der Waals surface area contributed by atoms with Crippen LogP contribution in [0.1, 0.15) is 76.1 Å². The number of esters is 2. The Morgan fingerprint density at radius 3 is 2.34 bits per heavy atom. The van der Waals surface area contributed by atoms with Gasteiger partial charge in [0.15, 0.2) is 0 Å². The van der Waals surface area contributed by atoms with Gasteiger partial charge in [0.05, 0.1) is 49.9 Å². The van der Waals surface area contributed by atoms with E-state index in [1.54, 1.807) is 32.2 Å². The number of carbonyl (C=O) groups excluding carboxylic acids is 2. The molecule has 0 saturated carbocycles. The molecule has 0 radical (unpaired) electrons. The van der Waals surface area contributed by atoms with Crippen LogP contribution in [0, 0.1) is 0 Å². The second-order valence-electron chi connectivity index (χ2n) is 17.8. The molecule has 4 aromatic carbocycles. The molecule has 0 unspecified atom stereocenters. The maximum atomic E-state index is 13.6. The lowest BCUT2D eigenvalue weighted by molar-refractivity contribution is -0.141. The van der Waals surface area contributed by atoms with Crippen LogP contribution in [0.3, 0.4) is 0 Å². The van der Waals surface area contributed by atoms with Crippen LogP contribution in [-0.4, -0.2) is 73.9 Å². The molecule has 4 aromatic heterocycles. The fourth-order valence-electron chi connectivity index (χ4n) is 9.60. The zero-order chi connectivity index (χ0) is 49.6. The molecule has 8 aromatic rings. The molecule has 5 heterocycles. The Hall–Kier alpha value is -6.81. The number of rotatable bonds is 20. The summed E-state index contributed by atoms with van der Waals surface area (Å²) < 4.78 is 33.9. The van der Waals surface area contributed by atoms with Crippen LogP contribution >= 0.6 is 23.4 Å². The van der Waals surface area contributed by atoms with Crippen LogP contribution in [0.5, 0.6) is 17.2 Å². The Bertz CT molecular complexity index is 3200. The monoisotopic (exact) mass is 995 g/mol. The maximum Gasteiger partial charge on any atom is 0.354 e. The van der Waals surface area contributed by atoms with Crippen molar-refractivity contribution < 1.29 is 33.3 Å². The summed E-state index contributed by atoms with van der Waals surface area (Å²) in [5, 5.41) is 12.9. The standard InChI is InChI=1S/C55H58ClN7O7S/c1-35(64)69-26-10-12-44-45-22-23-46(56)50(53(45)60(2)54(44)55(65)68-6)51-47(59-63-25-8-7-13-48(51)63)32-62(30-36-14-18-41(66-4)19-15-36)31-39-28-40(61(3)58-39)34-71-43-27-38-11-9-24-57-52(38)49(29-43)70-33-37-16-20-42(67-5)21-17-37/h9,11,14-24,27-29H,7-8,10,12-13,25-26,30-34H2,1-6H3. The van der Waals surface area contributed by atoms with Crippen molar-refractivity contribution >= 4 is 57.1 Å². The van der Waals surface area contributed by atoms with Crippen molar-refractivity contribution in [3.63, 3.8) is 0 Å². The number of carbonyl (C=O) groups is 2. The Morgan fingerprint density at radius 1 is 0.845 bits per heavy atom. The highest BCUT2D eigenvalue weighted by Crippen LogP contribution is 2.44. The van der Waals surface area contributed by atoms with Crippen molar-refractivity contribution in [1.82, 2.24) is 34.0 Å². The van der Waals surface area contributed by atoms with Gasteiger partial charge >= 0.3 is 11.9 Å². The molecular formula is C55H58ClN7O7S. The highest BCUT2D eigenvalue weighted by Gasteiger charge is 2.30. The van der Waals surface area contributed by atoms with Crippen molar-refractivity contribution in [2.45, 2.75) is 82.5 Å². The van der Waals surface area contributed by atoms with E-state index in [-0.39, 0.29) is 12.6 Å². The molecule has 14 nitrogen and oxygen atoms in total. The van der Waals surface area contributed by atoms with E-state index in [2.05, 4.69) is 51.0 Å². The number of benzene rings is 4. The van der Waals surface area contributed by atoms with Gasteiger partial charge in [-0.1, -0.05) is 48.0 Å². The number of pyridine rings is 1. The summed E-state index contributed by atoms with van der Waals surface area (Å²) in [5.74, 6) is 2.21. The molecule has 0 saturated heterocycles. The zero-order valence-electron chi connectivity index (χ0n) is 41.0. The van der Waals surface area contributed by atoms with Crippen molar-refractivity contribution in [2.75, 3.05) is 27.9 Å². The Balaban J connectivity index is 1.03. The first kappa shape index (κ1) is 49.2. The van der Waals surface area contributed by atoms with E-state index in [1.807, 2.05) is 77.9 Å². The van der Waals surface area contributed by atoms with Crippen LogP contribution in [0.25, 0.3) is 32.9 Å². The Morgan fingerprint density at radius 2 is 1.61 bits per heavy atom. The Kier molecular flexibility index (Phi) is 15.3. The highest BCUT2D eigenvalue weighted by atomic mass is 35.5. The molecule has 71 heavy (non-hydrogen) atoms. The summed E-state index contributed by atoms with van der Waals surface area (Å²) in [6, 6.07) is 30.4. The lowest BCUT2D eigenvalue weighted by Crippen LogP contribution is -2.23. The second kappa shape index (κ2) is 22.1. The molecule has 1 aliphatic rings. The zero-order valence-corrected chi connectivity index (χ0v) is 42.6. The SMILES string of the molecule is COC(=O)c1c(CCCOC(C)=O)c2ccc(Cl)c(-c3c(CN(Cc4ccc(OC)cc4)Cc4cc(CSc5cc(OCc6ccc(OC)cc6)c6ncccc6c5)n(C)n4)nn4c3CCCC4)c2n1C. The smallest absolute Gasteiger partial charge is 0.354 e. The van der Waals surface area contributed by atoms with Crippen molar-refractivity contribution in [3.05, 3.63) is 147 Å². The molecule has 0 bridgehead atoms. The van der Waals surface area contributed by atoms with Gasteiger partial charge in [-0.3, -0.25) is 24.0 Å². The summed E-state index contributed by atoms with van der Waals surface area (Å²) in [7, 11) is 8.61. The van der Waals surface area contributed by atoms with Gasteiger partial charge in [0.2, 0.25) is 0 Å². The van der Waals surface area contributed by atoms with Gasteiger partial charge in [-0.15, -0.1) is 11.8 Å². The summed E-state index contributed by atoms with van der Waals surface area (Å²) in [4.78, 5) is 33.3. The van der Waals surface area contributed by atoms with E-state index >= 15 is 0 Å². The molecule has 0 aliphatic carbocycles. The molecule has 0 fully saturated rings. The van der Waals surface area contributed by atoms with E-state index in [0.717, 1.165) is 120 Å². The summed E-state index contributed by atoms with van der Waals surface area (Å²) >= 11 is 9.07. The van der Waals surface area contributed by atoms with Crippen LogP contribution in [-0.2, 0) is 79.7 Å². The van der Waals surface area contributed by atoms with Crippen LogP contribution < -0.4 is 14.2 Å². The average Bonchev–Trinajstić information content (AvgIpc) is 4.02. The topological polar surface area (TPSA) is 137 Å². The fourth-order valence-corrected chi connectivity index (χ4v) is 10.8. The molecule has 368 valence electrons. The summed E-state index contributed by atoms with van der Waals surface area (Å²) in [6.45, 7) is 4.46. The molecule has 0 spiro atoms. The molecule has 0 N–H and O–H groups in total. The van der Waals surface area contributed by atoms with E-state index in [4.69, 9.17) is 45.5 Å². The van der Waals surface area contributed by atoms with E-state index < -0.39 is 5.97 Å². The first-order chi connectivity index (χ1) is 34.5. The third kappa shape index (κ3) is 10.9. The summed E-state index contributed by atoms with van der Waals surface area (Å²) in [6.07, 6.45) is 5.70. The van der Waals surface area contributed by atoms with E-state index in [9.17, 15) is 9.59 Å². The molecule has 0 amide bonds. The third-order valence-corrected chi connectivity index (χ3v) is 14.3. The minimum atomic E-state index is -0.446. The van der Waals surface area contributed by atoms with E-state index in [1.165, 1.54) is 14.0 Å². The number of aromatic nitrogens is 6. The number of methoxy groups -OCH3 is 3. The second-order valence-corrected chi connectivity index (χ2v) is 19.2. The predicted octanol–water partition coefficient (Wildman–Crippen LogP) is 10.7. The molecular weight excluding hydrogens is 938 g/mol. The van der Waals surface area contributed by atoms with Crippen molar-refractivity contribution in [1.29, 1.82) is 0 Å². The van der Waals surface area contributed by atoms with Gasteiger partial charge in [-0.2, -0.15) is 10.2 Å². The number of ether oxygens (including phenoxy) is 5.